The van der Waals surface area contributed by atoms with E-state index in [0.29, 0.717) is 6.42 Å². The molecule has 3 rings (SSSR count). The van der Waals surface area contributed by atoms with E-state index in [4.69, 9.17) is 0 Å². The van der Waals surface area contributed by atoms with Gasteiger partial charge in [-0.1, -0.05) is 0 Å². The van der Waals surface area contributed by atoms with E-state index >= 15 is 0 Å². The van der Waals surface area contributed by atoms with Crippen LogP contribution >= 0.6 is 0 Å². The monoisotopic (exact) mass is 390 g/mol. The van der Waals surface area contributed by atoms with Crippen molar-refractivity contribution in [1.82, 2.24) is 14.1 Å². The third kappa shape index (κ3) is 3.27. The van der Waals surface area contributed by atoms with E-state index in [-0.39, 0.29) is 23.4 Å². The topological polar surface area (TPSA) is 75.5 Å². The van der Waals surface area contributed by atoms with Gasteiger partial charge in [-0.15, -0.1) is 0 Å². The minimum Gasteiger partial charge on any atom is -0.309 e. The summed E-state index contributed by atoms with van der Waals surface area (Å²) in [6, 6.07) is 5.06. The number of nitrogens with zero attached hydrogens (tertiary/aromatic N) is 4. The first-order chi connectivity index (χ1) is 12.5. The zero-order valence-electron chi connectivity index (χ0n) is 16.6. The molecule has 0 spiro atoms. The van der Waals surface area contributed by atoms with Gasteiger partial charge >= 0.3 is 0 Å². The maximum absolute atomic E-state index is 13.1. The molecule has 1 aromatic heterocycles. The summed E-state index contributed by atoms with van der Waals surface area (Å²) < 4.78 is 29.3. The summed E-state index contributed by atoms with van der Waals surface area (Å²) in [6.07, 6.45) is 0.656. The van der Waals surface area contributed by atoms with Crippen LogP contribution in [0.4, 0.5) is 5.69 Å². The molecule has 0 unspecified atom stereocenters. The number of aryl methyl sites for hydroxylation is 2. The van der Waals surface area contributed by atoms with Crippen LogP contribution in [0.15, 0.2) is 23.1 Å². The lowest BCUT2D eigenvalue weighted by molar-refractivity contribution is -0.116. The Morgan fingerprint density at radius 2 is 2.00 bits per heavy atom. The first-order valence-electron chi connectivity index (χ1n) is 8.92. The van der Waals surface area contributed by atoms with Crippen molar-refractivity contribution in [2.75, 3.05) is 11.9 Å². The number of benzene rings is 1. The van der Waals surface area contributed by atoms with Gasteiger partial charge in [0.25, 0.3) is 0 Å². The SMILES string of the molecule is CC(=O)N1c2ccc(S(=O)(=O)N(C)Cc3c(C)nn(C)c3C)cc2C[C@@H]1C. The van der Waals surface area contributed by atoms with Gasteiger partial charge in [0.15, 0.2) is 0 Å². The Hall–Kier alpha value is -2.19. The number of hydrogen-bond donors (Lipinski definition) is 0. The second-order valence-electron chi connectivity index (χ2n) is 7.27. The lowest BCUT2D eigenvalue weighted by Crippen LogP contribution is -2.33. The Morgan fingerprint density at radius 3 is 2.56 bits per heavy atom. The number of rotatable bonds is 4. The van der Waals surface area contributed by atoms with Gasteiger partial charge in [-0.25, -0.2) is 8.42 Å². The van der Waals surface area contributed by atoms with E-state index in [9.17, 15) is 13.2 Å². The average Bonchev–Trinajstić information content (AvgIpc) is 3.04. The summed E-state index contributed by atoms with van der Waals surface area (Å²) in [5.41, 5.74) is 4.39. The van der Waals surface area contributed by atoms with Gasteiger partial charge in [0.2, 0.25) is 15.9 Å². The molecule has 0 N–H and O–H groups in total. The maximum atomic E-state index is 13.1. The molecule has 8 heteroatoms. The molecule has 1 aromatic carbocycles. The molecule has 0 fully saturated rings. The number of sulfonamides is 1. The highest BCUT2D eigenvalue weighted by Gasteiger charge is 2.31. The van der Waals surface area contributed by atoms with Crippen LogP contribution < -0.4 is 4.90 Å². The molecule has 7 nitrogen and oxygen atoms in total. The van der Waals surface area contributed by atoms with E-state index in [1.165, 1.54) is 11.2 Å². The van der Waals surface area contributed by atoms with E-state index in [0.717, 1.165) is 28.2 Å². The van der Waals surface area contributed by atoms with E-state index in [2.05, 4.69) is 5.10 Å². The molecule has 1 aliphatic heterocycles. The van der Waals surface area contributed by atoms with Crippen LogP contribution in [0.2, 0.25) is 0 Å². The number of hydrogen-bond acceptors (Lipinski definition) is 4. The first-order valence-corrected chi connectivity index (χ1v) is 10.4. The van der Waals surface area contributed by atoms with Crippen molar-refractivity contribution in [2.24, 2.45) is 7.05 Å². The lowest BCUT2D eigenvalue weighted by atomic mass is 10.1. The van der Waals surface area contributed by atoms with Crippen molar-refractivity contribution >= 4 is 21.6 Å². The molecule has 0 aliphatic carbocycles. The second kappa shape index (κ2) is 6.76. The van der Waals surface area contributed by atoms with Crippen molar-refractivity contribution in [2.45, 2.75) is 51.6 Å². The summed E-state index contributed by atoms with van der Waals surface area (Å²) >= 11 is 0. The zero-order chi connectivity index (χ0) is 20.1. The minimum absolute atomic E-state index is 0.0310. The summed E-state index contributed by atoms with van der Waals surface area (Å²) in [5, 5.41) is 4.36. The second-order valence-corrected chi connectivity index (χ2v) is 9.31. The zero-order valence-corrected chi connectivity index (χ0v) is 17.5. The van der Waals surface area contributed by atoms with Gasteiger partial charge in [0.1, 0.15) is 0 Å². The van der Waals surface area contributed by atoms with Crippen molar-refractivity contribution in [3.8, 4) is 0 Å². The largest absolute Gasteiger partial charge is 0.309 e. The predicted octanol–water partition coefficient (Wildman–Crippen LogP) is 2.16. The number of anilines is 1. The lowest BCUT2D eigenvalue weighted by Gasteiger charge is -2.21. The van der Waals surface area contributed by atoms with Crippen LogP contribution in [0.5, 0.6) is 0 Å². The average molecular weight is 391 g/mol. The van der Waals surface area contributed by atoms with Gasteiger partial charge in [-0.05, 0) is 51.0 Å². The Morgan fingerprint density at radius 1 is 1.33 bits per heavy atom. The van der Waals surface area contributed by atoms with Crippen molar-refractivity contribution < 1.29 is 13.2 Å². The molecule has 2 aromatic rings. The molecule has 1 atom stereocenters. The van der Waals surface area contributed by atoms with Crippen molar-refractivity contribution in [3.63, 3.8) is 0 Å². The van der Waals surface area contributed by atoms with Crippen LogP contribution in [0.1, 0.15) is 36.4 Å². The molecule has 0 saturated carbocycles. The molecular formula is C19H26N4O3S. The van der Waals surface area contributed by atoms with Crippen LogP contribution in [0.3, 0.4) is 0 Å². The van der Waals surface area contributed by atoms with Crippen LogP contribution in [0.25, 0.3) is 0 Å². The van der Waals surface area contributed by atoms with Crippen molar-refractivity contribution in [1.29, 1.82) is 0 Å². The van der Waals surface area contributed by atoms with Crippen molar-refractivity contribution in [3.05, 3.63) is 40.7 Å². The standard InChI is InChI=1S/C19H26N4O3S/c1-12-9-16-10-17(7-8-19(16)23(12)15(4)24)27(25,26)21(5)11-18-13(2)20-22(6)14(18)3/h7-8,10,12H,9,11H2,1-6H3/t12-/m0/s1. The molecule has 0 bridgehead atoms. The van der Waals surface area contributed by atoms with E-state index in [1.54, 1.807) is 34.8 Å². The predicted molar refractivity (Wildman–Crippen MR) is 104 cm³/mol. The van der Waals surface area contributed by atoms with Crippen LogP contribution in [-0.2, 0) is 34.8 Å². The molecule has 146 valence electrons. The third-order valence-electron chi connectivity index (χ3n) is 5.35. The number of amides is 1. The molecule has 1 aliphatic rings. The summed E-state index contributed by atoms with van der Waals surface area (Å²) in [6.45, 7) is 7.58. The van der Waals surface area contributed by atoms with E-state index in [1.807, 2.05) is 27.8 Å². The molecular weight excluding hydrogens is 364 g/mol. The quantitative estimate of drug-likeness (QED) is 0.802. The fraction of sp³-hybridized carbons (Fsp3) is 0.474. The maximum Gasteiger partial charge on any atom is 0.243 e. The van der Waals surface area contributed by atoms with Gasteiger partial charge in [-0.3, -0.25) is 9.48 Å². The summed E-state index contributed by atoms with van der Waals surface area (Å²) in [5.74, 6) is -0.0310. The van der Waals surface area contributed by atoms with Gasteiger partial charge in [0.05, 0.1) is 10.6 Å². The highest BCUT2D eigenvalue weighted by Crippen LogP contribution is 2.34. The van der Waals surface area contributed by atoms with E-state index < -0.39 is 10.0 Å². The Kier molecular flexibility index (Phi) is 4.90. The first kappa shape index (κ1) is 19.6. The Labute approximate surface area is 160 Å². The fourth-order valence-corrected chi connectivity index (χ4v) is 4.97. The molecule has 1 amide bonds. The van der Waals surface area contributed by atoms with Crippen LogP contribution in [0, 0.1) is 13.8 Å². The Bertz CT molecular complexity index is 1010. The highest BCUT2D eigenvalue weighted by atomic mass is 32.2. The molecule has 27 heavy (non-hydrogen) atoms. The number of carbonyl (C=O) groups is 1. The Balaban J connectivity index is 1.92. The number of carbonyl (C=O) groups excluding carboxylic acids is 1. The van der Waals surface area contributed by atoms with Gasteiger partial charge in [-0.2, -0.15) is 9.40 Å². The summed E-state index contributed by atoms with van der Waals surface area (Å²) in [4.78, 5) is 13.8. The molecule has 0 radical (unpaired) electrons. The summed E-state index contributed by atoms with van der Waals surface area (Å²) in [7, 11) is -0.213. The number of aromatic nitrogens is 2. The van der Waals surface area contributed by atoms with Gasteiger partial charge < -0.3 is 4.90 Å². The number of fused-ring (bicyclic) bond motifs is 1. The highest BCUT2D eigenvalue weighted by molar-refractivity contribution is 7.89. The fourth-order valence-electron chi connectivity index (χ4n) is 3.78. The normalized spacial score (nSPS) is 16.9. The molecule has 2 heterocycles. The van der Waals surface area contributed by atoms with Gasteiger partial charge in [0, 0.05) is 50.6 Å². The third-order valence-corrected chi connectivity index (χ3v) is 7.15. The molecule has 0 saturated heterocycles. The smallest absolute Gasteiger partial charge is 0.243 e. The van der Waals surface area contributed by atoms with Crippen LogP contribution in [-0.4, -0.2) is 41.5 Å². The minimum atomic E-state index is -3.65.